The van der Waals surface area contributed by atoms with E-state index >= 15 is 0 Å². The van der Waals surface area contributed by atoms with Gasteiger partial charge in [-0.1, -0.05) is 11.6 Å². The predicted octanol–water partition coefficient (Wildman–Crippen LogP) is 3.33. The first-order valence-corrected chi connectivity index (χ1v) is 8.37. The summed E-state index contributed by atoms with van der Waals surface area (Å²) in [5, 5.41) is 21.6. The fourth-order valence-corrected chi connectivity index (χ4v) is 2.74. The van der Waals surface area contributed by atoms with Crippen molar-refractivity contribution >= 4 is 17.4 Å². The van der Waals surface area contributed by atoms with Crippen LogP contribution in [0, 0.1) is 6.92 Å². The summed E-state index contributed by atoms with van der Waals surface area (Å²) >= 11 is 0. The number of benzene rings is 2. The van der Waals surface area contributed by atoms with Gasteiger partial charge >= 0.3 is 5.97 Å². The third kappa shape index (κ3) is 3.78. The average Bonchev–Trinajstić information content (AvgIpc) is 2.62. The molecule has 0 saturated carbocycles. The van der Waals surface area contributed by atoms with Gasteiger partial charge in [-0.2, -0.15) is 0 Å². The van der Waals surface area contributed by atoms with Crippen molar-refractivity contribution in [3.8, 4) is 11.5 Å². The van der Waals surface area contributed by atoms with Gasteiger partial charge in [0.05, 0.1) is 11.1 Å². The number of ether oxygens (including phenoxy) is 2. The van der Waals surface area contributed by atoms with Crippen molar-refractivity contribution in [3.63, 3.8) is 0 Å². The molecule has 0 unspecified atom stereocenters. The van der Waals surface area contributed by atoms with Crippen LogP contribution in [0.4, 0.5) is 5.69 Å². The minimum Gasteiger partial charge on any atom is -0.507 e. The Bertz CT molecular complexity index is 934. The monoisotopic (exact) mass is 369 g/mol. The molecule has 140 valence electrons. The van der Waals surface area contributed by atoms with Gasteiger partial charge in [-0.3, -0.25) is 4.79 Å². The molecular weight excluding hydrogens is 350 g/mol. The minimum absolute atomic E-state index is 0.207. The van der Waals surface area contributed by atoms with Gasteiger partial charge in [0.1, 0.15) is 17.1 Å². The maximum Gasteiger partial charge on any atom is 0.339 e. The van der Waals surface area contributed by atoms with E-state index in [4.69, 9.17) is 14.6 Å². The summed E-state index contributed by atoms with van der Waals surface area (Å²) in [4.78, 5) is 23.9. The quantitative estimate of drug-likeness (QED) is 0.694. The van der Waals surface area contributed by atoms with Crippen LogP contribution in [0.2, 0.25) is 0 Å². The van der Waals surface area contributed by atoms with E-state index in [1.165, 1.54) is 24.4 Å². The number of ketones is 1. The van der Waals surface area contributed by atoms with E-state index in [9.17, 15) is 14.7 Å². The lowest BCUT2D eigenvalue weighted by Gasteiger charge is -2.27. The number of carbonyl (C=O) groups excluding carboxylic acids is 1. The Morgan fingerprint density at radius 3 is 2.74 bits per heavy atom. The third-order valence-corrected chi connectivity index (χ3v) is 4.07. The van der Waals surface area contributed by atoms with Crippen LogP contribution in [-0.4, -0.2) is 34.9 Å². The Labute approximate surface area is 155 Å². The number of nitrogens with one attached hydrogen (secondary N) is 1. The molecule has 1 atom stereocenters. The number of hydrogen-bond acceptors (Lipinski definition) is 6. The second-order valence-electron chi connectivity index (χ2n) is 6.01. The number of Topliss-reactive ketones (excluding diaryl/α,β-unsaturated/α-hetero) is 1. The molecule has 0 bridgehead atoms. The number of hydrogen-bond donors (Lipinski definition) is 3. The zero-order valence-electron chi connectivity index (χ0n) is 14.9. The van der Waals surface area contributed by atoms with Crippen molar-refractivity contribution in [2.75, 3.05) is 11.9 Å². The molecule has 1 aliphatic rings. The molecule has 0 radical (unpaired) electrons. The van der Waals surface area contributed by atoms with Crippen molar-refractivity contribution in [2.45, 2.75) is 20.1 Å². The van der Waals surface area contributed by atoms with E-state index in [0.29, 0.717) is 23.6 Å². The molecule has 1 heterocycles. The van der Waals surface area contributed by atoms with Gasteiger partial charge in [-0.15, -0.1) is 0 Å². The SMILES string of the molecule is CCO[C@H]1Oc2ccc(C)cc2C(=O)/C1=C/Nc1ccc(C(=O)O)c(O)c1. The largest absolute Gasteiger partial charge is 0.507 e. The van der Waals surface area contributed by atoms with Gasteiger partial charge in [0.25, 0.3) is 0 Å². The topological polar surface area (TPSA) is 105 Å². The van der Waals surface area contributed by atoms with Crippen molar-refractivity contribution in [1.82, 2.24) is 0 Å². The highest BCUT2D eigenvalue weighted by Crippen LogP contribution is 2.32. The summed E-state index contributed by atoms with van der Waals surface area (Å²) in [5.41, 5.74) is 1.87. The van der Waals surface area contributed by atoms with E-state index in [1.807, 2.05) is 13.0 Å². The van der Waals surface area contributed by atoms with Crippen molar-refractivity contribution < 1.29 is 29.3 Å². The highest BCUT2D eigenvalue weighted by Gasteiger charge is 2.32. The van der Waals surface area contributed by atoms with Gasteiger partial charge in [0.2, 0.25) is 6.29 Å². The summed E-state index contributed by atoms with van der Waals surface area (Å²) in [6, 6.07) is 9.37. The van der Waals surface area contributed by atoms with E-state index in [2.05, 4.69) is 5.32 Å². The van der Waals surface area contributed by atoms with Crippen LogP contribution in [0.1, 0.15) is 33.2 Å². The zero-order chi connectivity index (χ0) is 19.6. The van der Waals surface area contributed by atoms with Gasteiger partial charge in [-0.25, -0.2) is 4.79 Å². The summed E-state index contributed by atoms with van der Waals surface area (Å²) in [5.74, 6) is -1.36. The summed E-state index contributed by atoms with van der Waals surface area (Å²) in [6.07, 6.45) is 0.584. The number of aryl methyl sites for hydroxylation is 1. The minimum atomic E-state index is -1.23. The van der Waals surface area contributed by atoms with Gasteiger partial charge < -0.3 is 25.0 Å². The molecule has 0 fully saturated rings. The van der Waals surface area contributed by atoms with Crippen LogP contribution in [-0.2, 0) is 4.74 Å². The number of carboxylic acids is 1. The summed E-state index contributed by atoms with van der Waals surface area (Å²) < 4.78 is 11.3. The number of aromatic carboxylic acids is 1. The van der Waals surface area contributed by atoms with Crippen LogP contribution >= 0.6 is 0 Å². The molecule has 0 amide bonds. The fraction of sp³-hybridized carbons (Fsp3) is 0.200. The fourth-order valence-electron chi connectivity index (χ4n) is 2.74. The molecule has 7 heteroatoms. The number of carboxylic acid groups (broad SMARTS) is 1. The molecule has 0 aromatic heterocycles. The Balaban J connectivity index is 1.91. The van der Waals surface area contributed by atoms with Crippen LogP contribution in [0.3, 0.4) is 0 Å². The molecule has 3 rings (SSSR count). The number of aromatic hydroxyl groups is 1. The van der Waals surface area contributed by atoms with Crippen LogP contribution in [0.15, 0.2) is 48.2 Å². The number of carbonyl (C=O) groups is 2. The summed E-state index contributed by atoms with van der Waals surface area (Å²) in [6.45, 7) is 4.04. The first kappa shape index (κ1) is 18.5. The van der Waals surface area contributed by atoms with Gasteiger partial charge in [0, 0.05) is 24.6 Å². The molecule has 0 aliphatic carbocycles. The van der Waals surface area contributed by atoms with Crippen LogP contribution in [0.5, 0.6) is 11.5 Å². The van der Waals surface area contributed by atoms with Crippen molar-refractivity contribution in [3.05, 3.63) is 64.9 Å². The molecule has 0 spiro atoms. The lowest BCUT2D eigenvalue weighted by Crippen LogP contribution is -2.33. The molecule has 1 aliphatic heterocycles. The second kappa shape index (κ2) is 7.51. The Kier molecular flexibility index (Phi) is 5.14. The van der Waals surface area contributed by atoms with Gasteiger partial charge in [0.15, 0.2) is 5.78 Å². The van der Waals surface area contributed by atoms with Crippen molar-refractivity contribution in [1.29, 1.82) is 0 Å². The molecule has 0 saturated heterocycles. The smallest absolute Gasteiger partial charge is 0.339 e. The standard InChI is InChI=1S/C20H19NO6/c1-3-26-20-15(18(23)14-8-11(2)4-7-17(14)27-20)10-21-12-5-6-13(19(24)25)16(22)9-12/h4-10,20-22H,3H2,1-2H3,(H,24,25)/b15-10-/t20-/m0/s1. The molecule has 7 nitrogen and oxygen atoms in total. The number of anilines is 1. The highest BCUT2D eigenvalue weighted by molar-refractivity contribution is 6.12. The molecule has 27 heavy (non-hydrogen) atoms. The first-order valence-electron chi connectivity index (χ1n) is 8.37. The number of phenols is 1. The average molecular weight is 369 g/mol. The second-order valence-corrected chi connectivity index (χ2v) is 6.01. The maximum atomic E-state index is 12.9. The molecule has 2 aromatic rings. The van der Waals surface area contributed by atoms with E-state index in [-0.39, 0.29) is 22.7 Å². The van der Waals surface area contributed by atoms with E-state index in [1.54, 1.807) is 19.1 Å². The number of rotatable bonds is 5. The lowest BCUT2D eigenvalue weighted by atomic mass is 9.98. The summed E-state index contributed by atoms with van der Waals surface area (Å²) in [7, 11) is 0. The maximum absolute atomic E-state index is 12.9. The van der Waals surface area contributed by atoms with E-state index < -0.39 is 12.3 Å². The Morgan fingerprint density at radius 1 is 1.30 bits per heavy atom. The van der Waals surface area contributed by atoms with Crippen molar-refractivity contribution in [2.24, 2.45) is 0 Å². The van der Waals surface area contributed by atoms with Crippen LogP contribution < -0.4 is 10.1 Å². The first-order chi connectivity index (χ1) is 12.9. The van der Waals surface area contributed by atoms with Gasteiger partial charge in [-0.05, 0) is 38.1 Å². The lowest BCUT2D eigenvalue weighted by molar-refractivity contribution is -0.0509. The van der Waals surface area contributed by atoms with Crippen LogP contribution in [0.25, 0.3) is 0 Å². The highest BCUT2D eigenvalue weighted by atomic mass is 16.7. The predicted molar refractivity (Wildman–Crippen MR) is 98.3 cm³/mol. The Morgan fingerprint density at radius 2 is 2.07 bits per heavy atom. The Hall–Kier alpha value is -3.32. The van der Waals surface area contributed by atoms with E-state index in [0.717, 1.165) is 5.56 Å². The molecule has 3 N–H and O–H groups in total. The third-order valence-electron chi connectivity index (χ3n) is 4.07. The molecule has 2 aromatic carbocycles. The normalized spacial score (nSPS) is 17.3. The number of fused-ring (bicyclic) bond motifs is 1. The molecular formula is C20H19NO6. The zero-order valence-corrected chi connectivity index (χ0v) is 14.9.